The lowest BCUT2D eigenvalue weighted by Gasteiger charge is -2.11. The fourth-order valence-electron chi connectivity index (χ4n) is 3.63. The fraction of sp³-hybridized carbons (Fsp3) is 0.450. The van der Waals surface area contributed by atoms with Crippen LogP contribution in [-0.2, 0) is 13.1 Å². The number of ether oxygens (including phenoxy) is 1. The second kappa shape index (κ2) is 8.18. The summed E-state index contributed by atoms with van der Waals surface area (Å²) in [6, 6.07) is 6.02. The normalized spacial score (nSPS) is 11.4. The smallest absolute Gasteiger partial charge is 0.254 e. The summed E-state index contributed by atoms with van der Waals surface area (Å²) in [4.78, 5) is 13.1. The van der Waals surface area contributed by atoms with Crippen molar-refractivity contribution < 1.29 is 9.53 Å². The molecule has 0 atom stereocenters. The molecule has 0 radical (unpaired) electrons. The van der Waals surface area contributed by atoms with Crippen molar-refractivity contribution in [2.45, 2.75) is 53.2 Å². The van der Waals surface area contributed by atoms with E-state index in [1.165, 1.54) is 0 Å². The first-order valence-electron chi connectivity index (χ1n) is 9.49. The lowest BCUT2D eigenvalue weighted by atomic mass is 10.1. The highest BCUT2D eigenvalue weighted by Gasteiger charge is 2.21. The highest BCUT2D eigenvalue weighted by molar-refractivity contribution is 7.71. The summed E-state index contributed by atoms with van der Waals surface area (Å²) in [5.74, 6) is 1.31. The average Bonchev–Trinajstić information content (AvgIpc) is 3.17. The summed E-state index contributed by atoms with van der Waals surface area (Å²) >= 11 is 5.28. The molecular formula is C20H27N5O2S. The number of nitrogens with zero attached hydrogens (tertiary/aromatic N) is 3. The Bertz CT molecular complexity index is 1060. The van der Waals surface area contributed by atoms with Gasteiger partial charge in [-0.05, 0) is 57.6 Å². The zero-order valence-electron chi connectivity index (χ0n) is 17.0. The molecule has 0 bridgehead atoms. The number of nitrogens with one attached hydrogen (secondary N) is 2. The van der Waals surface area contributed by atoms with Crippen molar-refractivity contribution in [3.63, 3.8) is 0 Å². The van der Waals surface area contributed by atoms with Crippen LogP contribution in [0.3, 0.4) is 0 Å². The van der Waals surface area contributed by atoms with Gasteiger partial charge in [-0.2, -0.15) is 5.10 Å². The largest absolute Gasteiger partial charge is 0.497 e. The van der Waals surface area contributed by atoms with Crippen LogP contribution < -0.4 is 10.1 Å². The van der Waals surface area contributed by atoms with Crippen molar-refractivity contribution in [1.82, 2.24) is 24.6 Å². The molecule has 8 heteroatoms. The van der Waals surface area contributed by atoms with Gasteiger partial charge in [0, 0.05) is 29.2 Å². The molecule has 150 valence electrons. The Morgan fingerprint density at radius 1 is 1.39 bits per heavy atom. The van der Waals surface area contributed by atoms with Gasteiger partial charge in [0.15, 0.2) is 10.6 Å². The van der Waals surface area contributed by atoms with Crippen LogP contribution in [0.4, 0.5) is 0 Å². The Kier molecular flexibility index (Phi) is 5.88. The second-order valence-corrected chi connectivity index (χ2v) is 7.47. The number of hydrogen-bond acceptors (Lipinski definition) is 4. The van der Waals surface area contributed by atoms with E-state index in [1.807, 2.05) is 43.5 Å². The van der Waals surface area contributed by atoms with E-state index < -0.39 is 0 Å². The van der Waals surface area contributed by atoms with E-state index >= 15 is 0 Å². The van der Waals surface area contributed by atoms with Gasteiger partial charge in [0.2, 0.25) is 0 Å². The quantitative estimate of drug-likeness (QED) is 0.584. The SMILES string of the molecule is CCCn1c(C)c(C(=O)NCc2n[nH]c(=S)n2C(C)C)c2cc(OC)ccc21. The van der Waals surface area contributed by atoms with E-state index in [4.69, 9.17) is 17.0 Å². The molecule has 0 saturated heterocycles. The molecule has 1 aromatic carbocycles. The molecule has 2 heterocycles. The molecule has 0 saturated carbocycles. The minimum Gasteiger partial charge on any atom is -0.497 e. The first-order chi connectivity index (χ1) is 13.4. The van der Waals surface area contributed by atoms with E-state index in [0.717, 1.165) is 35.3 Å². The molecule has 7 nitrogen and oxygen atoms in total. The van der Waals surface area contributed by atoms with Gasteiger partial charge in [0.25, 0.3) is 5.91 Å². The van der Waals surface area contributed by atoms with E-state index in [9.17, 15) is 4.79 Å². The predicted molar refractivity (Wildman–Crippen MR) is 112 cm³/mol. The van der Waals surface area contributed by atoms with Crippen LogP contribution in [0.15, 0.2) is 18.2 Å². The van der Waals surface area contributed by atoms with Crippen LogP contribution in [0.25, 0.3) is 10.9 Å². The number of carbonyl (C=O) groups is 1. The van der Waals surface area contributed by atoms with Gasteiger partial charge in [-0.1, -0.05) is 6.92 Å². The van der Waals surface area contributed by atoms with Crippen molar-refractivity contribution >= 4 is 29.0 Å². The molecule has 0 fully saturated rings. The van der Waals surface area contributed by atoms with Crippen LogP contribution in [0.1, 0.15) is 55.1 Å². The van der Waals surface area contributed by atoms with Crippen molar-refractivity contribution in [3.05, 3.63) is 40.1 Å². The van der Waals surface area contributed by atoms with Gasteiger partial charge >= 0.3 is 0 Å². The summed E-state index contributed by atoms with van der Waals surface area (Å²) in [5, 5.41) is 11.0. The number of aromatic amines is 1. The van der Waals surface area contributed by atoms with Gasteiger partial charge in [-0.15, -0.1) is 0 Å². The Morgan fingerprint density at radius 2 is 2.14 bits per heavy atom. The Morgan fingerprint density at radius 3 is 2.79 bits per heavy atom. The number of fused-ring (bicyclic) bond motifs is 1. The number of aromatic nitrogens is 4. The van der Waals surface area contributed by atoms with Crippen LogP contribution in [0.2, 0.25) is 0 Å². The number of aryl methyl sites for hydroxylation is 1. The molecule has 2 aromatic heterocycles. The summed E-state index contributed by atoms with van der Waals surface area (Å²) in [6.07, 6.45) is 0.987. The molecule has 0 spiro atoms. The molecule has 3 aromatic rings. The first-order valence-corrected chi connectivity index (χ1v) is 9.90. The van der Waals surface area contributed by atoms with Crippen molar-refractivity contribution in [3.8, 4) is 5.75 Å². The third kappa shape index (κ3) is 3.56. The molecule has 0 aliphatic carbocycles. The zero-order chi connectivity index (χ0) is 20.4. The molecule has 0 aliphatic heterocycles. The average molecular weight is 402 g/mol. The summed E-state index contributed by atoms with van der Waals surface area (Å²) in [7, 11) is 1.63. The highest BCUT2D eigenvalue weighted by atomic mass is 32.1. The minimum absolute atomic E-state index is 0.130. The van der Waals surface area contributed by atoms with E-state index in [-0.39, 0.29) is 11.9 Å². The molecule has 1 amide bonds. The van der Waals surface area contributed by atoms with Gasteiger partial charge in [-0.3, -0.25) is 9.89 Å². The summed E-state index contributed by atoms with van der Waals surface area (Å²) in [5.41, 5.74) is 2.66. The van der Waals surface area contributed by atoms with Crippen LogP contribution in [0, 0.1) is 11.7 Å². The molecular weight excluding hydrogens is 374 g/mol. The molecule has 3 rings (SSSR count). The Labute approximate surface area is 169 Å². The first kappa shape index (κ1) is 20.1. The van der Waals surface area contributed by atoms with Crippen molar-refractivity contribution in [2.24, 2.45) is 0 Å². The maximum Gasteiger partial charge on any atom is 0.254 e. The number of H-pyrrole nitrogens is 1. The number of methoxy groups -OCH3 is 1. The number of hydrogen-bond donors (Lipinski definition) is 2. The molecule has 28 heavy (non-hydrogen) atoms. The van der Waals surface area contributed by atoms with Gasteiger partial charge in [0.1, 0.15) is 5.75 Å². The topological polar surface area (TPSA) is 76.9 Å². The van der Waals surface area contributed by atoms with E-state index in [1.54, 1.807) is 7.11 Å². The van der Waals surface area contributed by atoms with Crippen LogP contribution in [0.5, 0.6) is 5.75 Å². The maximum absolute atomic E-state index is 13.1. The van der Waals surface area contributed by atoms with Crippen LogP contribution in [-0.4, -0.2) is 32.3 Å². The minimum atomic E-state index is -0.130. The lowest BCUT2D eigenvalue weighted by molar-refractivity contribution is 0.0950. The third-order valence-corrected chi connectivity index (χ3v) is 5.19. The number of benzene rings is 1. The molecule has 0 aliphatic rings. The third-order valence-electron chi connectivity index (χ3n) is 4.91. The van der Waals surface area contributed by atoms with Gasteiger partial charge in [-0.25, -0.2) is 0 Å². The molecule has 2 N–H and O–H groups in total. The highest BCUT2D eigenvalue weighted by Crippen LogP contribution is 2.29. The lowest BCUT2D eigenvalue weighted by Crippen LogP contribution is -2.25. The maximum atomic E-state index is 13.1. The Hall–Kier alpha value is -2.61. The van der Waals surface area contributed by atoms with Crippen molar-refractivity contribution in [1.29, 1.82) is 0 Å². The summed E-state index contributed by atoms with van der Waals surface area (Å²) < 4.78 is 10.0. The van der Waals surface area contributed by atoms with Crippen LogP contribution >= 0.6 is 12.2 Å². The molecule has 0 unspecified atom stereocenters. The fourth-order valence-corrected chi connectivity index (χ4v) is 3.99. The second-order valence-electron chi connectivity index (χ2n) is 7.09. The predicted octanol–water partition coefficient (Wildman–Crippen LogP) is 4.13. The number of rotatable bonds is 7. The monoisotopic (exact) mass is 401 g/mol. The number of carbonyl (C=O) groups excluding carboxylic acids is 1. The zero-order valence-corrected chi connectivity index (χ0v) is 17.8. The van der Waals surface area contributed by atoms with Crippen molar-refractivity contribution in [2.75, 3.05) is 7.11 Å². The number of amides is 1. The standard InChI is InChI=1S/C20H27N5O2S/c1-6-9-24-13(4)18(15-10-14(27-5)7-8-16(15)24)19(26)21-11-17-22-23-20(28)25(17)12(2)3/h7-8,10,12H,6,9,11H2,1-5H3,(H,21,26)(H,23,28). The summed E-state index contributed by atoms with van der Waals surface area (Å²) in [6.45, 7) is 9.34. The van der Waals surface area contributed by atoms with Gasteiger partial charge in [0.05, 0.1) is 19.2 Å². The Balaban J connectivity index is 1.97. The van der Waals surface area contributed by atoms with E-state index in [0.29, 0.717) is 22.7 Å². The van der Waals surface area contributed by atoms with E-state index in [2.05, 4.69) is 27.0 Å². The van der Waals surface area contributed by atoms with Gasteiger partial charge < -0.3 is 19.2 Å².